The van der Waals surface area contributed by atoms with E-state index in [2.05, 4.69) is 36.3 Å². The minimum atomic E-state index is -0.130. The molecule has 1 fully saturated rings. The lowest BCUT2D eigenvalue weighted by Crippen LogP contribution is -2.22. The summed E-state index contributed by atoms with van der Waals surface area (Å²) in [6, 6.07) is 8.23. The number of aromatic nitrogens is 1. The van der Waals surface area contributed by atoms with Crippen LogP contribution in [-0.2, 0) is 0 Å². The maximum absolute atomic E-state index is 6.34. The molecule has 21 heavy (non-hydrogen) atoms. The zero-order valence-electron chi connectivity index (χ0n) is 12.6. The van der Waals surface area contributed by atoms with Crippen molar-refractivity contribution in [2.45, 2.75) is 32.3 Å². The predicted octanol–water partition coefficient (Wildman–Crippen LogP) is 3.53. The molecule has 2 atom stereocenters. The van der Waals surface area contributed by atoms with E-state index in [0.29, 0.717) is 17.7 Å². The molecule has 1 aromatic carbocycles. The SMILES string of the molecule is CC(C)c1ccccc1OC(c1ncco1)C1CCNC1. The van der Waals surface area contributed by atoms with Crippen molar-refractivity contribution in [1.82, 2.24) is 10.3 Å². The van der Waals surface area contributed by atoms with Gasteiger partial charge in [0.1, 0.15) is 12.0 Å². The summed E-state index contributed by atoms with van der Waals surface area (Å²) in [6.45, 7) is 6.33. The first-order chi connectivity index (χ1) is 10.3. The molecular weight excluding hydrogens is 264 g/mol. The average molecular weight is 286 g/mol. The first-order valence-corrected chi connectivity index (χ1v) is 7.61. The highest BCUT2D eigenvalue weighted by molar-refractivity contribution is 5.36. The second-order valence-electron chi connectivity index (χ2n) is 5.85. The van der Waals surface area contributed by atoms with Crippen molar-refractivity contribution in [3.8, 4) is 5.75 Å². The van der Waals surface area contributed by atoms with E-state index in [-0.39, 0.29) is 6.10 Å². The molecule has 4 nitrogen and oxygen atoms in total. The van der Waals surface area contributed by atoms with Crippen LogP contribution in [0.15, 0.2) is 41.1 Å². The van der Waals surface area contributed by atoms with Gasteiger partial charge in [-0.15, -0.1) is 0 Å². The van der Waals surface area contributed by atoms with Gasteiger partial charge in [-0.3, -0.25) is 0 Å². The quantitative estimate of drug-likeness (QED) is 0.913. The molecule has 1 aliphatic heterocycles. The van der Waals surface area contributed by atoms with Gasteiger partial charge in [-0.05, 0) is 30.5 Å². The van der Waals surface area contributed by atoms with Gasteiger partial charge in [-0.1, -0.05) is 32.0 Å². The fourth-order valence-corrected chi connectivity index (χ4v) is 2.86. The fraction of sp³-hybridized carbons (Fsp3) is 0.471. The number of hydrogen-bond donors (Lipinski definition) is 1. The van der Waals surface area contributed by atoms with E-state index < -0.39 is 0 Å². The summed E-state index contributed by atoms with van der Waals surface area (Å²) in [5.41, 5.74) is 1.22. The van der Waals surface area contributed by atoms with Crippen molar-refractivity contribution in [1.29, 1.82) is 0 Å². The topological polar surface area (TPSA) is 47.3 Å². The molecule has 0 aliphatic carbocycles. The van der Waals surface area contributed by atoms with Crippen molar-refractivity contribution in [3.05, 3.63) is 48.2 Å². The monoisotopic (exact) mass is 286 g/mol. The Bertz CT molecular complexity index is 560. The molecule has 0 amide bonds. The second-order valence-corrected chi connectivity index (χ2v) is 5.85. The van der Waals surface area contributed by atoms with E-state index in [0.717, 1.165) is 25.3 Å². The Kier molecular flexibility index (Phi) is 4.25. The highest BCUT2D eigenvalue weighted by atomic mass is 16.5. The smallest absolute Gasteiger partial charge is 0.235 e. The van der Waals surface area contributed by atoms with E-state index in [9.17, 15) is 0 Å². The van der Waals surface area contributed by atoms with Crippen molar-refractivity contribution < 1.29 is 9.15 Å². The molecule has 1 N–H and O–H groups in total. The van der Waals surface area contributed by atoms with Gasteiger partial charge in [-0.25, -0.2) is 4.98 Å². The van der Waals surface area contributed by atoms with E-state index in [1.165, 1.54) is 5.56 Å². The van der Waals surface area contributed by atoms with Crippen LogP contribution in [0.3, 0.4) is 0 Å². The van der Waals surface area contributed by atoms with Crippen LogP contribution in [0.25, 0.3) is 0 Å². The van der Waals surface area contributed by atoms with Crippen LogP contribution in [0.2, 0.25) is 0 Å². The van der Waals surface area contributed by atoms with Crippen molar-refractivity contribution in [3.63, 3.8) is 0 Å². The van der Waals surface area contributed by atoms with Crippen molar-refractivity contribution >= 4 is 0 Å². The van der Waals surface area contributed by atoms with Gasteiger partial charge in [0.15, 0.2) is 6.10 Å². The maximum Gasteiger partial charge on any atom is 0.235 e. The van der Waals surface area contributed by atoms with Crippen LogP contribution in [0.1, 0.15) is 43.7 Å². The Morgan fingerprint density at radius 2 is 2.19 bits per heavy atom. The molecule has 1 aromatic heterocycles. The zero-order valence-corrected chi connectivity index (χ0v) is 12.6. The Labute approximate surface area is 125 Å². The molecule has 0 spiro atoms. The predicted molar refractivity (Wildman–Crippen MR) is 81.4 cm³/mol. The third-order valence-corrected chi connectivity index (χ3v) is 4.02. The molecule has 1 saturated heterocycles. The van der Waals surface area contributed by atoms with Gasteiger partial charge in [0, 0.05) is 12.5 Å². The first kappa shape index (κ1) is 14.1. The summed E-state index contributed by atoms with van der Waals surface area (Å²) in [5, 5.41) is 3.39. The van der Waals surface area contributed by atoms with Gasteiger partial charge in [0.25, 0.3) is 0 Å². The highest BCUT2D eigenvalue weighted by Gasteiger charge is 2.31. The highest BCUT2D eigenvalue weighted by Crippen LogP contribution is 2.34. The van der Waals surface area contributed by atoms with E-state index in [1.54, 1.807) is 12.5 Å². The van der Waals surface area contributed by atoms with E-state index >= 15 is 0 Å². The van der Waals surface area contributed by atoms with Crippen LogP contribution >= 0.6 is 0 Å². The van der Waals surface area contributed by atoms with Crippen LogP contribution in [0.4, 0.5) is 0 Å². The summed E-state index contributed by atoms with van der Waals surface area (Å²) in [7, 11) is 0. The summed E-state index contributed by atoms with van der Waals surface area (Å²) in [4.78, 5) is 4.31. The molecule has 0 bridgehead atoms. The third-order valence-electron chi connectivity index (χ3n) is 4.02. The molecular formula is C17H22N2O2. The van der Waals surface area contributed by atoms with Crippen LogP contribution in [-0.4, -0.2) is 18.1 Å². The Morgan fingerprint density at radius 1 is 1.33 bits per heavy atom. The molecule has 2 unspecified atom stereocenters. The molecule has 3 rings (SSSR count). The lowest BCUT2D eigenvalue weighted by atomic mass is 9.99. The van der Waals surface area contributed by atoms with Crippen LogP contribution in [0, 0.1) is 5.92 Å². The number of oxazole rings is 1. The number of rotatable bonds is 5. The number of nitrogens with zero attached hydrogens (tertiary/aromatic N) is 1. The van der Waals surface area contributed by atoms with Gasteiger partial charge in [0.05, 0.1) is 6.20 Å². The van der Waals surface area contributed by atoms with E-state index in [1.807, 2.05) is 12.1 Å². The molecule has 112 valence electrons. The number of para-hydroxylation sites is 1. The van der Waals surface area contributed by atoms with E-state index in [4.69, 9.17) is 9.15 Å². The molecule has 2 aromatic rings. The van der Waals surface area contributed by atoms with Crippen molar-refractivity contribution in [2.75, 3.05) is 13.1 Å². The van der Waals surface area contributed by atoms with Gasteiger partial charge in [-0.2, -0.15) is 0 Å². The maximum atomic E-state index is 6.34. The number of ether oxygens (including phenoxy) is 1. The number of hydrogen-bond acceptors (Lipinski definition) is 4. The summed E-state index contributed by atoms with van der Waals surface area (Å²) >= 11 is 0. The van der Waals surface area contributed by atoms with Gasteiger partial charge >= 0.3 is 0 Å². The first-order valence-electron chi connectivity index (χ1n) is 7.61. The summed E-state index contributed by atoms with van der Waals surface area (Å²) < 4.78 is 11.9. The lowest BCUT2D eigenvalue weighted by molar-refractivity contribution is 0.113. The summed E-state index contributed by atoms with van der Waals surface area (Å²) in [5.74, 6) is 2.42. The van der Waals surface area contributed by atoms with Crippen LogP contribution in [0.5, 0.6) is 5.75 Å². The minimum absolute atomic E-state index is 0.130. The third kappa shape index (κ3) is 3.10. The zero-order chi connectivity index (χ0) is 14.7. The van der Waals surface area contributed by atoms with Crippen molar-refractivity contribution in [2.24, 2.45) is 5.92 Å². The standard InChI is InChI=1S/C17H22N2O2/c1-12(2)14-5-3-4-6-15(14)21-16(13-7-8-18-11-13)17-19-9-10-20-17/h3-6,9-10,12-13,16,18H,7-8,11H2,1-2H3. The Balaban J connectivity index is 1.88. The fourth-order valence-electron chi connectivity index (χ4n) is 2.86. The van der Waals surface area contributed by atoms with Gasteiger partial charge < -0.3 is 14.5 Å². The lowest BCUT2D eigenvalue weighted by Gasteiger charge is -2.23. The van der Waals surface area contributed by atoms with Gasteiger partial charge in [0.2, 0.25) is 5.89 Å². The molecule has 2 heterocycles. The van der Waals surface area contributed by atoms with Crippen LogP contribution < -0.4 is 10.1 Å². The number of nitrogens with one attached hydrogen (secondary N) is 1. The molecule has 1 aliphatic rings. The molecule has 0 radical (unpaired) electrons. The normalized spacial score (nSPS) is 19.9. The largest absolute Gasteiger partial charge is 0.480 e. The molecule has 4 heteroatoms. The Morgan fingerprint density at radius 3 is 2.86 bits per heavy atom. The minimum Gasteiger partial charge on any atom is -0.480 e. The second kappa shape index (κ2) is 6.31. The number of benzene rings is 1. The summed E-state index contributed by atoms with van der Waals surface area (Å²) in [6.07, 6.45) is 4.25. The average Bonchev–Trinajstić information content (AvgIpc) is 3.18. The Hall–Kier alpha value is -1.81. The molecule has 0 saturated carbocycles.